The summed E-state index contributed by atoms with van der Waals surface area (Å²) in [4.78, 5) is 23.3. The van der Waals surface area contributed by atoms with Gasteiger partial charge >= 0.3 is 0 Å². The van der Waals surface area contributed by atoms with Crippen LogP contribution in [0, 0.1) is 0 Å². The van der Waals surface area contributed by atoms with E-state index in [-0.39, 0.29) is 17.6 Å². The smallest absolute Gasteiger partial charge is 0.271 e. The van der Waals surface area contributed by atoms with Crippen molar-refractivity contribution in [2.75, 3.05) is 0 Å². The van der Waals surface area contributed by atoms with Crippen LogP contribution in [0.15, 0.2) is 48.1 Å². The Labute approximate surface area is 103 Å². The highest BCUT2D eigenvalue weighted by Gasteiger charge is 2.05. The average Bonchev–Trinajstić information content (AvgIpc) is 2.46. The molecule has 0 atom stereocenters. The van der Waals surface area contributed by atoms with Crippen molar-refractivity contribution >= 4 is 11.7 Å². The van der Waals surface area contributed by atoms with Gasteiger partial charge in [0.1, 0.15) is 0 Å². The molecule has 7 nitrogen and oxygen atoms in total. The molecule has 0 bridgehead atoms. The number of nitrogens with two attached hydrogens (primary N) is 1. The summed E-state index contributed by atoms with van der Waals surface area (Å²) in [5.41, 5.74) is 8.37. The minimum absolute atomic E-state index is 0.0398. The van der Waals surface area contributed by atoms with Crippen molar-refractivity contribution in [1.29, 1.82) is 0 Å². The zero-order chi connectivity index (χ0) is 12.8. The highest BCUT2D eigenvalue weighted by atomic mass is 16.2. The number of hydrogen-bond acceptors (Lipinski definition) is 5. The molecule has 1 amide bonds. The van der Waals surface area contributed by atoms with Gasteiger partial charge in [-0.15, -0.1) is 0 Å². The number of nitrogens with zero attached hydrogens (tertiary/aromatic N) is 4. The maximum Gasteiger partial charge on any atom is 0.271 e. The maximum absolute atomic E-state index is 11.6. The van der Waals surface area contributed by atoms with Crippen LogP contribution in [0.2, 0.25) is 0 Å². The highest BCUT2D eigenvalue weighted by Crippen LogP contribution is 1.95. The first-order valence-corrected chi connectivity index (χ1v) is 5.08. The monoisotopic (exact) mass is 242 g/mol. The van der Waals surface area contributed by atoms with E-state index in [2.05, 4.69) is 25.5 Å². The van der Waals surface area contributed by atoms with E-state index in [0.29, 0.717) is 5.56 Å². The van der Waals surface area contributed by atoms with Crippen LogP contribution >= 0.6 is 0 Å². The minimum atomic E-state index is -0.378. The van der Waals surface area contributed by atoms with Crippen LogP contribution in [-0.4, -0.2) is 26.7 Å². The van der Waals surface area contributed by atoms with Crippen molar-refractivity contribution in [3.05, 3.63) is 54.4 Å². The molecule has 0 saturated carbocycles. The van der Waals surface area contributed by atoms with Crippen molar-refractivity contribution in [2.45, 2.75) is 0 Å². The number of amides is 1. The number of hydrazone groups is 1. The SMILES string of the molecule is N/C(=N\NC(=O)c1ccncc1)c1ncccn1. The van der Waals surface area contributed by atoms with Crippen LogP contribution in [-0.2, 0) is 0 Å². The molecule has 0 unspecified atom stereocenters. The molecule has 0 aliphatic heterocycles. The molecule has 0 spiro atoms. The second-order valence-corrected chi connectivity index (χ2v) is 3.25. The van der Waals surface area contributed by atoms with Gasteiger partial charge in [0.25, 0.3) is 5.91 Å². The first-order valence-electron chi connectivity index (χ1n) is 5.08. The van der Waals surface area contributed by atoms with Gasteiger partial charge in [-0.25, -0.2) is 15.4 Å². The van der Waals surface area contributed by atoms with Crippen LogP contribution in [0.1, 0.15) is 16.2 Å². The van der Waals surface area contributed by atoms with Gasteiger partial charge in [0, 0.05) is 30.4 Å². The fourth-order valence-corrected chi connectivity index (χ4v) is 1.16. The van der Waals surface area contributed by atoms with Crippen LogP contribution in [0.5, 0.6) is 0 Å². The number of hydrogen-bond donors (Lipinski definition) is 2. The number of aromatic nitrogens is 3. The molecule has 2 aromatic heterocycles. The zero-order valence-electron chi connectivity index (χ0n) is 9.32. The fourth-order valence-electron chi connectivity index (χ4n) is 1.16. The lowest BCUT2D eigenvalue weighted by Gasteiger charge is -2.01. The Balaban J connectivity index is 2.05. The third kappa shape index (κ3) is 2.85. The van der Waals surface area contributed by atoms with E-state index in [1.54, 1.807) is 18.2 Å². The lowest BCUT2D eigenvalue weighted by atomic mass is 10.3. The lowest BCUT2D eigenvalue weighted by molar-refractivity contribution is 0.0954. The van der Waals surface area contributed by atoms with Crippen LogP contribution in [0.4, 0.5) is 0 Å². The molecular formula is C11H10N6O. The summed E-state index contributed by atoms with van der Waals surface area (Å²) in [5, 5.41) is 3.72. The fraction of sp³-hybridized carbons (Fsp3) is 0. The summed E-state index contributed by atoms with van der Waals surface area (Å²) in [6.07, 6.45) is 6.11. The molecule has 0 aliphatic carbocycles. The van der Waals surface area contributed by atoms with Crippen molar-refractivity contribution in [2.24, 2.45) is 10.8 Å². The van der Waals surface area contributed by atoms with E-state index in [0.717, 1.165) is 0 Å². The van der Waals surface area contributed by atoms with Crippen LogP contribution < -0.4 is 11.2 Å². The van der Waals surface area contributed by atoms with Crippen LogP contribution in [0.25, 0.3) is 0 Å². The van der Waals surface area contributed by atoms with Gasteiger partial charge in [-0.2, -0.15) is 5.10 Å². The third-order valence-electron chi connectivity index (χ3n) is 2.02. The Hall–Kier alpha value is -2.83. The number of nitrogens with one attached hydrogen (secondary N) is 1. The third-order valence-corrected chi connectivity index (χ3v) is 2.02. The summed E-state index contributed by atoms with van der Waals surface area (Å²) in [6.45, 7) is 0. The summed E-state index contributed by atoms with van der Waals surface area (Å²) < 4.78 is 0. The second-order valence-electron chi connectivity index (χ2n) is 3.25. The summed E-state index contributed by atoms with van der Waals surface area (Å²) in [7, 11) is 0. The van der Waals surface area contributed by atoms with Crippen molar-refractivity contribution in [3.8, 4) is 0 Å². The quantitative estimate of drug-likeness (QED) is 0.445. The predicted octanol–water partition coefficient (Wildman–Crippen LogP) is -0.0781. The van der Waals surface area contributed by atoms with Gasteiger partial charge in [-0.1, -0.05) is 0 Å². The predicted molar refractivity (Wildman–Crippen MR) is 64.5 cm³/mol. The molecular weight excluding hydrogens is 232 g/mol. The van der Waals surface area contributed by atoms with E-state index >= 15 is 0 Å². The van der Waals surface area contributed by atoms with Crippen molar-refractivity contribution < 1.29 is 4.79 Å². The molecule has 2 aromatic rings. The molecule has 0 saturated heterocycles. The molecule has 0 aliphatic rings. The van der Waals surface area contributed by atoms with Crippen molar-refractivity contribution in [1.82, 2.24) is 20.4 Å². The van der Waals surface area contributed by atoms with E-state index in [9.17, 15) is 4.79 Å². The summed E-state index contributed by atoms with van der Waals surface area (Å²) in [6, 6.07) is 4.80. The molecule has 7 heteroatoms. The Morgan fingerprint density at radius 3 is 2.50 bits per heavy atom. The molecule has 90 valence electrons. The summed E-state index contributed by atoms with van der Waals surface area (Å²) >= 11 is 0. The lowest BCUT2D eigenvalue weighted by Crippen LogP contribution is -2.25. The van der Waals surface area contributed by atoms with E-state index in [1.165, 1.54) is 24.8 Å². The molecule has 18 heavy (non-hydrogen) atoms. The van der Waals surface area contributed by atoms with Crippen molar-refractivity contribution in [3.63, 3.8) is 0 Å². The molecule has 3 N–H and O–H groups in total. The summed E-state index contributed by atoms with van der Waals surface area (Å²) in [5.74, 6) is -0.0817. The van der Waals surface area contributed by atoms with E-state index in [1.807, 2.05) is 0 Å². The molecule has 0 fully saturated rings. The van der Waals surface area contributed by atoms with Gasteiger partial charge in [0.15, 0.2) is 11.7 Å². The van der Waals surface area contributed by atoms with Gasteiger partial charge in [-0.05, 0) is 18.2 Å². The highest BCUT2D eigenvalue weighted by molar-refractivity contribution is 5.97. The number of carbonyl (C=O) groups is 1. The molecule has 0 radical (unpaired) electrons. The van der Waals surface area contributed by atoms with Gasteiger partial charge in [0.2, 0.25) is 0 Å². The first-order chi connectivity index (χ1) is 8.77. The second kappa shape index (κ2) is 5.48. The molecule has 2 rings (SSSR count). The Morgan fingerprint density at radius 1 is 1.17 bits per heavy atom. The van der Waals surface area contributed by atoms with E-state index < -0.39 is 0 Å². The zero-order valence-corrected chi connectivity index (χ0v) is 9.32. The van der Waals surface area contributed by atoms with Gasteiger partial charge in [0.05, 0.1) is 0 Å². The number of carbonyl (C=O) groups excluding carboxylic acids is 1. The first kappa shape index (κ1) is 11.6. The largest absolute Gasteiger partial charge is 0.379 e. The number of amidine groups is 1. The normalized spacial score (nSPS) is 11.0. The molecule has 2 heterocycles. The van der Waals surface area contributed by atoms with E-state index in [4.69, 9.17) is 5.73 Å². The topological polar surface area (TPSA) is 106 Å². The number of pyridine rings is 1. The standard InChI is InChI=1S/C11H10N6O/c12-9(10-14-4-1-5-15-10)16-17-11(18)8-2-6-13-7-3-8/h1-7H,(H2,12,16)(H,17,18). The van der Waals surface area contributed by atoms with Gasteiger partial charge in [-0.3, -0.25) is 9.78 Å². The maximum atomic E-state index is 11.6. The van der Waals surface area contributed by atoms with Crippen LogP contribution in [0.3, 0.4) is 0 Å². The Kier molecular flexibility index (Phi) is 3.55. The number of rotatable bonds is 3. The van der Waals surface area contributed by atoms with Gasteiger partial charge < -0.3 is 5.73 Å². The average molecular weight is 242 g/mol. The Bertz CT molecular complexity index is 554. The minimum Gasteiger partial charge on any atom is -0.379 e. The molecule has 0 aromatic carbocycles. The Morgan fingerprint density at radius 2 is 1.83 bits per heavy atom.